The average Bonchev–Trinajstić information content (AvgIpc) is 3.21. The number of amides is 1. The zero-order chi connectivity index (χ0) is 18.4. The van der Waals surface area contributed by atoms with Gasteiger partial charge in [-0.15, -0.1) is 0 Å². The maximum Gasteiger partial charge on any atom is 0.221 e. The molecule has 7 heteroatoms. The number of rotatable bonds is 7. The molecule has 3 unspecified atom stereocenters. The van der Waals surface area contributed by atoms with Gasteiger partial charge < -0.3 is 25.4 Å². The molecule has 2 aliphatic heterocycles. The summed E-state index contributed by atoms with van der Waals surface area (Å²) in [4.78, 5) is 15.7. The standard InChI is InChI=1S/C19H28N4O3/c1-3-20-19(23-17-12-16-7-8-18(17)26-16)21-9-10-25-15-6-4-5-14(11-15)22-13(2)24/h4-6,11,16-18H,3,7-10,12H2,1-2H3,(H,22,24)(H2,20,21,23). The van der Waals surface area contributed by atoms with Crippen LogP contribution in [0.2, 0.25) is 0 Å². The molecule has 0 aliphatic carbocycles. The second kappa shape index (κ2) is 8.89. The number of ether oxygens (including phenoxy) is 2. The van der Waals surface area contributed by atoms with Crippen LogP contribution in [0.5, 0.6) is 5.75 Å². The quantitative estimate of drug-likeness (QED) is 0.393. The second-order valence-electron chi connectivity index (χ2n) is 6.68. The molecule has 3 atom stereocenters. The van der Waals surface area contributed by atoms with E-state index in [1.807, 2.05) is 18.2 Å². The topological polar surface area (TPSA) is 84.0 Å². The fraction of sp³-hybridized carbons (Fsp3) is 0.579. The first kappa shape index (κ1) is 18.5. The Morgan fingerprint density at radius 1 is 1.38 bits per heavy atom. The van der Waals surface area contributed by atoms with Crippen molar-refractivity contribution in [3.63, 3.8) is 0 Å². The lowest BCUT2D eigenvalue weighted by molar-refractivity contribution is -0.114. The van der Waals surface area contributed by atoms with E-state index in [1.165, 1.54) is 13.3 Å². The monoisotopic (exact) mass is 360 g/mol. The molecule has 0 radical (unpaired) electrons. The zero-order valence-corrected chi connectivity index (χ0v) is 15.5. The number of carbonyl (C=O) groups is 1. The summed E-state index contributed by atoms with van der Waals surface area (Å²) in [6.07, 6.45) is 4.11. The third-order valence-corrected chi connectivity index (χ3v) is 4.56. The number of nitrogens with zero attached hydrogens (tertiary/aromatic N) is 1. The molecular formula is C19H28N4O3. The van der Waals surface area contributed by atoms with Gasteiger partial charge in [-0.1, -0.05) is 6.07 Å². The van der Waals surface area contributed by atoms with Crippen LogP contribution in [0.3, 0.4) is 0 Å². The van der Waals surface area contributed by atoms with Gasteiger partial charge in [0.25, 0.3) is 0 Å². The molecule has 2 fully saturated rings. The summed E-state index contributed by atoms with van der Waals surface area (Å²) in [5, 5.41) is 9.51. The predicted octanol–water partition coefficient (Wildman–Crippen LogP) is 1.90. The summed E-state index contributed by atoms with van der Waals surface area (Å²) in [5.74, 6) is 1.42. The van der Waals surface area contributed by atoms with Crippen molar-refractivity contribution in [3.05, 3.63) is 24.3 Å². The van der Waals surface area contributed by atoms with Crippen molar-refractivity contribution < 1.29 is 14.3 Å². The maximum absolute atomic E-state index is 11.1. The third-order valence-electron chi connectivity index (χ3n) is 4.56. The lowest BCUT2D eigenvalue weighted by Gasteiger charge is -2.22. The number of hydrogen-bond donors (Lipinski definition) is 3. The molecule has 142 valence electrons. The molecule has 7 nitrogen and oxygen atoms in total. The molecule has 1 aromatic rings. The molecule has 2 aliphatic rings. The Bertz CT molecular complexity index is 649. The van der Waals surface area contributed by atoms with Crippen LogP contribution < -0.4 is 20.7 Å². The van der Waals surface area contributed by atoms with Crippen LogP contribution >= 0.6 is 0 Å². The van der Waals surface area contributed by atoms with Gasteiger partial charge in [-0.3, -0.25) is 4.79 Å². The number of hydrogen-bond acceptors (Lipinski definition) is 4. The van der Waals surface area contributed by atoms with Gasteiger partial charge in [-0.2, -0.15) is 0 Å². The number of carbonyl (C=O) groups excluding carboxylic acids is 1. The highest BCUT2D eigenvalue weighted by molar-refractivity contribution is 5.88. The van der Waals surface area contributed by atoms with Crippen molar-refractivity contribution in [2.75, 3.05) is 25.0 Å². The first-order valence-corrected chi connectivity index (χ1v) is 9.35. The molecule has 0 saturated carbocycles. The SMILES string of the molecule is CCNC(=NCCOc1cccc(NC(C)=O)c1)NC1CC2CCC1O2. The number of fused-ring (bicyclic) bond motifs is 2. The minimum absolute atomic E-state index is 0.0994. The molecular weight excluding hydrogens is 332 g/mol. The molecule has 0 aromatic heterocycles. The van der Waals surface area contributed by atoms with Crippen LogP contribution in [0, 0.1) is 0 Å². The molecule has 3 rings (SSSR count). The summed E-state index contributed by atoms with van der Waals surface area (Å²) in [7, 11) is 0. The first-order valence-electron chi connectivity index (χ1n) is 9.35. The van der Waals surface area contributed by atoms with E-state index in [9.17, 15) is 4.79 Å². The maximum atomic E-state index is 11.1. The molecule has 3 N–H and O–H groups in total. The number of aliphatic imine (C=N–C) groups is 1. The van der Waals surface area contributed by atoms with Crippen molar-refractivity contribution in [3.8, 4) is 5.75 Å². The smallest absolute Gasteiger partial charge is 0.221 e. The lowest BCUT2D eigenvalue weighted by Crippen LogP contribution is -2.47. The van der Waals surface area contributed by atoms with Crippen LogP contribution in [0.15, 0.2) is 29.3 Å². The van der Waals surface area contributed by atoms with E-state index in [0.29, 0.717) is 37.2 Å². The predicted molar refractivity (Wildman–Crippen MR) is 102 cm³/mol. The molecule has 1 aromatic carbocycles. The summed E-state index contributed by atoms with van der Waals surface area (Å²) in [6, 6.07) is 7.70. The minimum Gasteiger partial charge on any atom is -0.492 e. The number of benzene rings is 1. The van der Waals surface area contributed by atoms with E-state index in [-0.39, 0.29) is 5.91 Å². The summed E-state index contributed by atoms with van der Waals surface area (Å²) < 4.78 is 11.6. The van der Waals surface area contributed by atoms with Gasteiger partial charge in [-0.05, 0) is 38.3 Å². The molecule has 1 amide bonds. The Kier molecular flexibility index (Phi) is 6.33. The van der Waals surface area contributed by atoms with E-state index in [1.54, 1.807) is 6.07 Å². The van der Waals surface area contributed by atoms with Gasteiger partial charge in [-0.25, -0.2) is 4.99 Å². The van der Waals surface area contributed by atoms with Crippen LogP contribution in [0.25, 0.3) is 0 Å². The van der Waals surface area contributed by atoms with Gasteiger partial charge in [0, 0.05) is 25.2 Å². The fourth-order valence-electron chi connectivity index (χ4n) is 3.47. The van der Waals surface area contributed by atoms with E-state index in [4.69, 9.17) is 9.47 Å². The normalized spacial score (nSPS) is 24.4. The molecule has 2 saturated heterocycles. The minimum atomic E-state index is -0.0994. The van der Waals surface area contributed by atoms with Crippen LogP contribution in [-0.2, 0) is 9.53 Å². The van der Waals surface area contributed by atoms with Crippen molar-refractivity contribution in [2.24, 2.45) is 4.99 Å². The first-order chi connectivity index (χ1) is 12.6. The van der Waals surface area contributed by atoms with Gasteiger partial charge >= 0.3 is 0 Å². The zero-order valence-electron chi connectivity index (χ0n) is 15.5. The Labute approximate surface area is 154 Å². The lowest BCUT2D eigenvalue weighted by atomic mass is 9.96. The van der Waals surface area contributed by atoms with Crippen LogP contribution in [-0.4, -0.2) is 49.8 Å². The third kappa shape index (κ3) is 5.11. The molecule has 2 heterocycles. The van der Waals surface area contributed by atoms with Crippen molar-refractivity contribution in [2.45, 2.75) is 51.4 Å². The highest BCUT2D eigenvalue weighted by Gasteiger charge is 2.41. The summed E-state index contributed by atoms with van der Waals surface area (Å²) >= 11 is 0. The number of anilines is 1. The fourth-order valence-corrected chi connectivity index (χ4v) is 3.47. The van der Waals surface area contributed by atoms with E-state index >= 15 is 0 Å². The highest BCUT2D eigenvalue weighted by atomic mass is 16.5. The highest BCUT2D eigenvalue weighted by Crippen LogP contribution is 2.34. The van der Waals surface area contributed by atoms with Gasteiger partial charge in [0.2, 0.25) is 5.91 Å². The number of nitrogens with one attached hydrogen (secondary N) is 3. The van der Waals surface area contributed by atoms with Crippen molar-refractivity contribution in [1.82, 2.24) is 10.6 Å². The van der Waals surface area contributed by atoms with Crippen LogP contribution in [0.1, 0.15) is 33.1 Å². The summed E-state index contributed by atoms with van der Waals surface area (Å²) in [5.41, 5.74) is 0.727. The van der Waals surface area contributed by atoms with E-state index < -0.39 is 0 Å². The second-order valence-corrected chi connectivity index (χ2v) is 6.68. The molecule has 26 heavy (non-hydrogen) atoms. The van der Waals surface area contributed by atoms with Crippen molar-refractivity contribution >= 4 is 17.6 Å². The van der Waals surface area contributed by atoms with E-state index in [0.717, 1.165) is 31.0 Å². The van der Waals surface area contributed by atoms with Gasteiger partial charge in [0.05, 0.1) is 24.8 Å². The average molecular weight is 360 g/mol. The Morgan fingerprint density at radius 3 is 2.96 bits per heavy atom. The summed E-state index contributed by atoms with van der Waals surface area (Å²) in [6.45, 7) is 5.36. The Morgan fingerprint density at radius 2 is 2.27 bits per heavy atom. The molecule has 2 bridgehead atoms. The van der Waals surface area contributed by atoms with E-state index in [2.05, 4.69) is 27.9 Å². The Balaban J connectivity index is 1.47. The van der Waals surface area contributed by atoms with Crippen LogP contribution in [0.4, 0.5) is 5.69 Å². The van der Waals surface area contributed by atoms with Crippen molar-refractivity contribution in [1.29, 1.82) is 0 Å². The molecule has 0 spiro atoms. The Hall–Kier alpha value is -2.28. The van der Waals surface area contributed by atoms with Gasteiger partial charge in [0.15, 0.2) is 5.96 Å². The van der Waals surface area contributed by atoms with Gasteiger partial charge in [0.1, 0.15) is 12.4 Å². The largest absolute Gasteiger partial charge is 0.492 e. The number of guanidine groups is 1.